The Labute approximate surface area is 155 Å². The van der Waals surface area contributed by atoms with Crippen LogP contribution in [-0.4, -0.2) is 5.01 Å². The van der Waals surface area contributed by atoms with E-state index in [1.54, 1.807) is 11.3 Å². The van der Waals surface area contributed by atoms with Crippen LogP contribution in [0.3, 0.4) is 0 Å². The Kier molecular flexibility index (Phi) is 3.55. The highest BCUT2D eigenvalue weighted by Crippen LogP contribution is 2.46. The molecule has 25 heavy (non-hydrogen) atoms. The minimum Gasteiger partial charge on any atom is -0.468 e. The number of para-hydroxylation sites is 1. The minimum absolute atomic E-state index is 0.128. The topological polar surface area (TPSA) is 24.5 Å². The molecule has 0 aliphatic carbocycles. The van der Waals surface area contributed by atoms with E-state index in [0.717, 1.165) is 22.0 Å². The van der Waals surface area contributed by atoms with Gasteiger partial charge >= 0.3 is 0 Å². The first-order chi connectivity index (χ1) is 12.3. The lowest BCUT2D eigenvalue weighted by atomic mass is 10.0. The normalized spacial score (nSPS) is 21.7. The number of hydrazine groups is 1. The second-order valence-corrected chi connectivity index (χ2v) is 7.49. The van der Waals surface area contributed by atoms with Gasteiger partial charge < -0.3 is 10.2 Å². The maximum Gasteiger partial charge on any atom is 0.205 e. The molecule has 0 fully saturated rings. The fourth-order valence-electron chi connectivity index (χ4n) is 3.35. The lowest BCUT2D eigenvalue weighted by Gasteiger charge is -2.38. The van der Waals surface area contributed by atoms with Gasteiger partial charge in [-0.2, -0.15) is 5.01 Å². The molecule has 0 amide bonds. The van der Waals surface area contributed by atoms with Crippen molar-refractivity contribution in [2.75, 3.05) is 0 Å². The van der Waals surface area contributed by atoms with Crippen LogP contribution in [0, 0.1) is 0 Å². The summed E-state index contributed by atoms with van der Waals surface area (Å²) >= 11 is 7.73. The highest BCUT2D eigenvalue weighted by Gasteiger charge is 2.40. The third-order valence-electron chi connectivity index (χ3n) is 4.54. The third-order valence-corrected chi connectivity index (χ3v) is 5.70. The van der Waals surface area contributed by atoms with Gasteiger partial charge in [0.1, 0.15) is 5.75 Å². The maximum absolute atomic E-state index is 6.31. The Balaban J connectivity index is 1.58. The molecular weight excluding hydrogens is 352 g/mol. The van der Waals surface area contributed by atoms with Gasteiger partial charge in [-0.1, -0.05) is 48.0 Å². The summed E-state index contributed by atoms with van der Waals surface area (Å²) in [5.74, 6) is 0.942. The summed E-state index contributed by atoms with van der Waals surface area (Å²) in [6, 6.07) is 20.4. The number of hydrogen-bond acceptors (Lipinski definition) is 4. The van der Waals surface area contributed by atoms with Gasteiger partial charge in [0.05, 0.1) is 16.6 Å². The maximum atomic E-state index is 6.31. The van der Waals surface area contributed by atoms with Gasteiger partial charge in [-0.15, -0.1) is 11.3 Å². The van der Waals surface area contributed by atoms with Crippen LogP contribution in [0.25, 0.3) is 5.70 Å². The van der Waals surface area contributed by atoms with E-state index >= 15 is 0 Å². The molecule has 2 atom stereocenters. The first-order valence-corrected chi connectivity index (χ1v) is 9.37. The van der Waals surface area contributed by atoms with E-state index in [2.05, 4.69) is 46.2 Å². The van der Waals surface area contributed by atoms with Crippen molar-refractivity contribution < 1.29 is 4.74 Å². The highest BCUT2D eigenvalue weighted by molar-refractivity contribution is 7.10. The van der Waals surface area contributed by atoms with Gasteiger partial charge in [-0.05, 0) is 41.3 Å². The average molecular weight is 367 g/mol. The molecule has 2 aliphatic heterocycles. The van der Waals surface area contributed by atoms with E-state index in [1.807, 2.05) is 36.4 Å². The predicted octanol–water partition coefficient (Wildman–Crippen LogP) is 5.40. The number of hydrogen-bond donors (Lipinski definition) is 1. The van der Waals surface area contributed by atoms with Crippen LogP contribution < -0.4 is 10.2 Å². The van der Waals surface area contributed by atoms with Gasteiger partial charge in [0, 0.05) is 10.6 Å². The summed E-state index contributed by atoms with van der Waals surface area (Å²) in [5.41, 5.74) is 6.90. The van der Waals surface area contributed by atoms with Crippen LogP contribution >= 0.6 is 22.9 Å². The van der Waals surface area contributed by atoms with Crippen molar-refractivity contribution in [3.05, 3.63) is 93.1 Å². The molecule has 3 aromatic rings. The molecule has 3 heterocycles. The van der Waals surface area contributed by atoms with E-state index < -0.39 is 0 Å². The van der Waals surface area contributed by atoms with Crippen molar-refractivity contribution in [2.24, 2.45) is 0 Å². The molecule has 0 spiro atoms. The fraction of sp³-hybridized carbons (Fsp3) is 0.100. The van der Waals surface area contributed by atoms with Crippen molar-refractivity contribution in [3.63, 3.8) is 0 Å². The van der Waals surface area contributed by atoms with Crippen LogP contribution in [0.5, 0.6) is 5.75 Å². The van der Waals surface area contributed by atoms with Gasteiger partial charge in [0.15, 0.2) is 0 Å². The van der Waals surface area contributed by atoms with Crippen LogP contribution in [-0.2, 0) is 0 Å². The van der Waals surface area contributed by atoms with Crippen molar-refractivity contribution >= 4 is 28.6 Å². The van der Waals surface area contributed by atoms with E-state index in [4.69, 9.17) is 16.3 Å². The standard InChI is InChI=1S/C20H15ClN2OS/c21-14-9-7-13(8-10-14)16-12-17-15-4-1-2-5-18(15)24-20(23(17)22-16)19-6-3-11-25-19/h1-12,17,20,22H/t17-,20+/m0/s1. The van der Waals surface area contributed by atoms with Crippen LogP contribution in [0.2, 0.25) is 5.02 Å². The molecule has 124 valence electrons. The van der Waals surface area contributed by atoms with Crippen molar-refractivity contribution in [3.8, 4) is 5.75 Å². The first kappa shape index (κ1) is 15.0. The number of benzene rings is 2. The zero-order chi connectivity index (χ0) is 16.8. The molecular formula is C20H15ClN2OS. The molecule has 5 rings (SSSR count). The second-order valence-electron chi connectivity index (χ2n) is 6.07. The van der Waals surface area contributed by atoms with E-state index in [1.165, 1.54) is 10.4 Å². The first-order valence-electron chi connectivity index (χ1n) is 8.11. The van der Waals surface area contributed by atoms with Crippen molar-refractivity contribution in [1.29, 1.82) is 0 Å². The van der Waals surface area contributed by atoms with Gasteiger partial charge in [0.25, 0.3) is 0 Å². The number of rotatable bonds is 2. The van der Waals surface area contributed by atoms with E-state index in [0.29, 0.717) is 0 Å². The summed E-state index contributed by atoms with van der Waals surface area (Å²) in [7, 11) is 0. The van der Waals surface area contributed by atoms with Gasteiger partial charge in [-0.25, -0.2) is 0 Å². The average Bonchev–Trinajstić information content (AvgIpc) is 3.32. The molecule has 1 aromatic heterocycles. The van der Waals surface area contributed by atoms with Gasteiger partial charge in [0.2, 0.25) is 6.23 Å². The fourth-order valence-corrected chi connectivity index (χ4v) is 4.23. The van der Waals surface area contributed by atoms with E-state index in [-0.39, 0.29) is 12.3 Å². The molecule has 2 aromatic carbocycles. The Morgan fingerprint density at radius 3 is 2.64 bits per heavy atom. The number of thiophene rings is 1. The Morgan fingerprint density at radius 2 is 1.84 bits per heavy atom. The molecule has 2 aliphatic rings. The van der Waals surface area contributed by atoms with Crippen molar-refractivity contribution in [2.45, 2.75) is 12.3 Å². The molecule has 0 saturated carbocycles. The molecule has 5 heteroatoms. The molecule has 0 bridgehead atoms. The number of halogens is 1. The Hall–Kier alpha value is -2.27. The van der Waals surface area contributed by atoms with Crippen LogP contribution in [0.4, 0.5) is 0 Å². The molecule has 0 unspecified atom stereocenters. The largest absolute Gasteiger partial charge is 0.468 e. The number of nitrogens with zero attached hydrogens (tertiary/aromatic N) is 1. The van der Waals surface area contributed by atoms with E-state index in [9.17, 15) is 0 Å². The number of ether oxygens (including phenoxy) is 1. The summed E-state index contributed by atoms with van der Waals surface area (Å²) in [6.45, 7) is 0. The summed E-state index contributed by atoms with van der Waals surface area (Å²) in [4.78, 5) is 1.18. The van der Waals surface area contributed by atoms with Crippen molar-refractivity contribution in [1.82, 2.24) is 10.4 Å². The molecule has 3 nitrogen and oxygen atoms in total. The SMILES string of the molecule is Clc1ccc(C2=C[C@H]3c4ccccc4O[C@H](c4cccs4)N3N2)cc1. The molecule has 0 radical (unpaired) electrons. The summed E-state index contributed by atoms with van der Waals surface area (Å²) in [5, 5.41) is 5.00. The molecule has 1 N–H and O–H groups in total. The smallest absolute Gasteiger partial charge is 0.205 e. The van der Waals surface area contributed by atoms with Gasteiger partial charge in [-0.3, -0.25) is 0 Å². The van der Waals surface area contributed by atoms with Crippen LogP contribution in [0.1, 0.15) is 28.3 Å². The Morgan fingerprint density at radius 1 is 1.00 bits per heavy atom. The quantitative estimate of drug-likeness (QED) is 0.657. The zero-order valence-corrected chi connectivity index (χ0v) is 14.8. The summed E-state index contributed by atoms with van der Waals surface area (Å²) in [6.07, 6.45) is 2.10. The number of nitrogens with one attached hydrogen (secondary N) is 1. The lowest BCUT2D eigenvalue weighted by Crippen LogP contribution is -2.42. The summed E-state index contributed by atoms with van der Waals surface area (Å²) < 4.78 is 6.31. The lowest BCUT2D eigenvalue weighted by molar-refractivity contribution is -0.0302. The zero-order valence-electron chi connectivity index (χ0n) is 13.2. The monoisotopic (exact) mass is 366 g/mol. The molecule has 0 saturated heterocycles. The Bertz CT molecular complexity index is 937. The predicted molar refractivity (Wildman–Crippen MR) is 101 cm³/mol. The third kappa shape index (κ3) is 2.54. The minimum atomic E-state index is -0.152. The highest BCUT2D eigenvalue weighted by atomic mass is 35.5. The second kappa shape index (κ2) is 5.92. The van der Waals surface area contributed by atoms with Crippen LogP contribution in [0.15, 0.2) is 72.1 Å². The number of fused-ring (bicyclic) bond motifs is 3.